The Bertz CT molecular complexity index is 599. The summed E-state index contributed by atoms with van der Waals surface area (Å²) >= 11 is 0. The van der Waals surface area contributed by atoms with Crippen molar-refractivity contribution in [1.29, 1.82) is 0 Å². The van der Waals surface area contributed by atoms with Crippen molar-refractivity contribution >= 4 is 11.8 Å². The van der Waals surface area contributed by atoms with Crippen LogP contribution in [0.25, 0.3) is 0 Å². The summed E-state index contributed by atoms with van der Waals surface area (Å²) in [5, 5.41) is 3.04. The van der Waals surface area contributed by atoms with E-state index in [-0.39, 0.29) is 30.2 Å². The van der Waals surface area contributed by atoms with Gasteiger partial charge in [0.2, 0.25) is 11.8 Å². The van der Waals surface area contributed by atoms with Crippen LogP contribution in [0.5, 0.6) is 0 Å². The van der Waals surface area contributed by atoms with E-state index in [9.17, 15) is 9.59 Å². The summed E-state index contributed by atoms with van der Waals surface area (Å²) in [4.78, 5) is 33.0. The molecule has 0 bridgehead atoms. The molecule has 6 nitrogen and oxygen atoms in total. The lowest BCUT2D eigenvalue weighted by Crippen LogP contribution is -2.41. The van der Waals surface area contributed by atoms with Crippen molar-refractivity contribution in [3.63, 3.8) is 0 Å². The summed E-state index contributed by atoms with van der Waals surface area (Å²) in [5.41, 5.74) is 0.918. The average molecular weight is 344 g/mol. The zero-order valence-corrected chi connectivity index (χ0v) is 15.1. The first-order valence-corrected chi connectivity index (χ1v) is 9.22. The first kappa shape index (κ1) is 17.9. The number of pyridine rings is 1. The van der Waals surface area contributed by atoms with Crippen molar-refractivity contribution < 1.29 is 9.59 Å². The van der Waals surface area contributed by atoms with E-state index >= 15 is 0 Å². The molecule has 2 saturated heterocycles. The SMILES string of the molecule is CC1CCN(CCNC(=O)[C@H]2CC(=O)N(C)[C@@H]2c2cccnc2)CC1. The second kappa shape index (κ2) is 7.95. The van der Waals surface area contributed by atoms with Crippen LogP contribution in [0.15, 0.2) is 24.5 Å². The zero-order valence-electron chi connectivity index (χ0n) is 15.1. The Morgan fingerprint density at radius 1 is 1.36 bits per heavy atom. The molecule has 2 amide bonds. The van der Waals surface area contributed by atoms with Gasteiger partial charge in [-0.15, -0.1) is 0 Å². The smallest absolute Gasteiger partial charge is 0.226 e. The number of aromatic nitrogens is 1. The van der Waals surface area contributed by atoms with E-state index in [4.69, 9.17) is 0 Å². The number of amides is 2. The summed E-state index contributed by atoms with van der Waals surface area (Å²) in [6.07, 6.45) is 6.19. The van der Waals surface area contributed by atoms with Gasteiger partial charge in [0.1, 0.15) is 0 Å². The monoisotopic (exact) mass is 344 g/mol. The summed E-state index contributed by atoms with van der Waals surface area (Å²) in [7, 11) is 1.77. The minimum atomic E-state index is -0.344. The van der Waals surface area contributed by atoms with Gasteiger partial charge in [0.05, 0.1) is 12.0 Å². The number of carbonyl (C=O) groups is 2. The fraction of sp³-hybridized carbons (Fsp3) is 0.632. The Balaban J connectivity index is 1.56. The molecule has 3 heterocycles. The molecule has 0 aliphatic carbocycles. The predicted octanol–water partition coefficient (Wildman–Crippen LogP) is 1.45. The fourth-order valence-corrected chi connectivity index (χ4v) is 3.87. The minimum absolute atomic E-state index is 0.0130. The van der Waals surface area contributed by atoms with Crippen LogP contribution < -0.4 is 5.32 Å². The van der Waals surface area contributed by atoms with Crippen molar-refractivity contribution in [3.8, 4) is 0 Å². The Morgan fingerprint density at radius 3 is 2.80 bits per heavy atom. The molecule has 0 unspecified atom stereocenters. The van der Waals surface area contributed by atoms with E-state index in [1.54, 1.807) is 24.3 Å². The molecule has 2 aliphatic heterocycles. The fourth-order valence-electron chi connectivity index (χ4n) is 3.87. The number of piperidine rings is 1. The van der Waals surface area contributed by atoms with Gasteiger partial charge in [-0.2, -0.15) is 0 Å². The predicted molar refractivity (Wildman–Crippen MR) is 95.7 cm³/mol. The van der Waals surface area contributed by atoms with Crippen molar-refractivity contribution in [2.75, 3.05) is 33.2 Å². The van der Waals surface area contributed by atoms with Crippen LogP contribution in [-0.4, -0.2) is 59.8 Å². The Kier molecular flexibility index (Phi) is 5.68. The van der Waals surface area contributed by atoms with Crippen LogP contribution in [0.2, 0.25) is 0 Å². The molecular formula is C19H28N4O2. The number of nitrogens with one attached hydrogen (secondary N) is 1. The maximum absolute atomic E-state index is 12.7. The highest BCUT2D eigenvalue weighted by atomic mass is 16.2. The van der Waals surface area contributed by atoms with Crippen molar-refractivity contribution in [1.82, 2.24) is 20.1 Å². The van der Waals surface area contributed by atoms with E-state index in [0.29, 0.717) is 6.54 Å². The molecule has 1 aromatic rings. The van der Waals surface area contributed by atoms with Gasteiger partial charge in [-0.1, -0.05) is 13.0 Å². The summed E-state index contributed by atoms with van der Waals surface area (Å²) in [5.74, 6) is 0.449. The Morgan fingerprint density at radius 2 is 2.12 bits per heavy atom. The molecular weight excluding hydrogens is 316 g/mol. The number of hydrogen-bond donors (Lipinski definition) is 1. The van der Waals surface area contributed by atoms with E-state index in [2.05, 4.69) is 22.1 Å². The number of carbonyl (C=O) groups excluding carboxylic acids is 2. The van der Waals surface area contributed by atoms with E-state index in [1.165, 1.54) is 12.8 Å². The number of nitrogens with zero attached hydrogens (tertiary/aromatic N) is 3. The van der Waals surface area contributed by atoms with Crippen LogP contribution in [-0.2, 0) is 9.59 Å². The Labute approximate surface area is 149 Å². The van der Waals surface area contributed by atoms with Gasteiger partial charge >= 0.3 is 0 Å². The zero-order chi connectivity index (χ0) is 17.8. The minimum Gasteiger partial charge on any atom is -0.354 e. The lowest BCUT2D eigenvalue weighted by Gasteiger charge is -2.30. The van der Waals surface area contributed by atoms with E-state index < -0.39 is 0 Å². The molecule has 0 radical (unpaired) electrons. The molecule has 0 spiro atoms. The van der Waals surface area contributed by atoms with Crippen LogP contribution in [0, 0.1) is 11.8 Å². The standard InChI is InChI=1S/C19H28N4O2/c1-14-5-9-23(10-6-14)11-8-21-19(25)16-12-17(24)22(2)18(16)15-4-3-7-20-13-15/h3-4,7,13-14,16,18H,5-6,8-12H2,1-2H3,(H,21,25)/t16-,18+/m0/s1. The summed E-state index contributed by atoms with van der Waals surface area (Å²) in [6, 6.07) is 3.55. The normalized spacial score (nSPS) is 25.4. The highest BCUT2D eigenvalue weighted by Gasteiger charge is 2.42. The lowest BCUT2D eigenvalue weighted by molar-refractivity contribution is -0.128. The molecule has 1 N–H and O–H groups in total. The summed E-state index contributed by atoms with van der Waals surface area (Å²) in [6.45, 7) is 6.04. The molecule has 2 aliphatic rings. The van der Waals surface area contributed by atoms with Gasteiger partial charge in [-0.3, -0.25) is 14.6 Å². The molecule has 0 saturated carbocycles. The first-order valence-electron chi connectivity index (χ1n) is 9.22. The third-order valence-corrected chi connectivity index (χ3v) is 5.55. The maximum Gasteiger partial charge on any atom is 0.226 e. The van der Waals surface area contributed by atoms with Gasteiger partial charge in [-0.25, -0.2) is 0 Å². The van der Waals surface area contributed by atoms with Gasteiger partial charge in [0, 0.05) is 39.0 Å². The van der Waals surface area contributed by atoms with Crippen molar-refractivity contribution in [3.05, 3.63) is 30.1 Å². The van der Waals surface area contributed by atoms with Gasteiger partial charge < -0.3 is 15.1 Å². The number of hydrogen-bond acceptors (Lipinski definition) is 4. The molecule has 2 atom stereocenters. The third kappa shape index (κ3) is 4.18. The molecule has 1 aromatic heterocycles. The van der Waals surface area contributed by atoms with Crippen LogP contribution in [0.3, 0.4) is 0 Å². The molecule has 25 heavy (non-hydrogen) atoms. The second-order valence-electron chi connectivity index (χ2n) is 7.36. The van der Waals surface area contributed by atoms with E-state index in [1.807, 2.05) is 12.1 Å². The van der Waals surface area contributed by atoms with Crippen molar-refractivity contribution in [2.24, 2.45) is 11.8 Å². The van der Waals surface area contributed by atoms with Gasteiger partial charge in [0.15, 0.2) is 0 Å². The third-order valence-electron chi connectivity index (χ3n) is 5.55. The molecule has 136 valence electrons. The average Bonchev–Trinajstić information content (AvgIpc) is 2.92. The van der Waals surface area contributed by atoms with Crippen LogP contribution in [0.4, 0.5) is 0 Å². The highest BCUT2D eigenvalue weighted by Crippen LogP contribution is 2.36. The molecule has 6 heteroatoms. The largest absolute Gasteiger partial charge is 0.354 e. The topological polar surface area (TPSA) is 65.5 Å². The highest BCUT2D eigenvalue weighted by molar-refractivity contribution is 5.90. The van der Waals surface area contributed by atoms with E-state index in [0.717, 1.165) is 31.1 Å². The lowest BCUT2D eigenvalue weighted by atomic mass is 9.94. The van der Waals surface area contributed by atoms with Crippen molar-refractivity contribution in [2.45, 2.75) is 32.2 Å². The number of likely N-dealkylation sites (tertiary alicyclic amines) is 2. The number of rotatable bonds is 5. The molecule has 2 fully saturated rings. The summed E-state index contributed by atoms with van der Waals surface area (Å²) < 4.78 is 0. The molecule has 0 aromatic carbocycles. The first-order chi connectivity index (χ1) is 12.1. The van der Waals surface area contributed by atoms with Crippen LogP contribution >= 0.6 is 0 Å². The molecule has 3 rings (SSSR count). The van der Waals surface area contributed by atoms with Crippen LogP contribution in [0.1, 0.15) is 37.8 Å². The van der Waals surface area contributed by atoms with Gasteiger partial charge in [0.25, 0.3) is 0 Å². The second-order valence-corrected chi connectivity index (χ2v) is 7.36. The Hall–Kier alpha value is -1.95. The maximum atomic E-state index is 12.7. The quantitative estimate of drug-likeness (QED) is 0.878. The van der Waals surface area contributed by atoms with Gasteiger partial charge in [-0.05, 0) is 43.5 Å².